The predicted molar refractivity (Wildman–Crippen MR) is 143 cm³/mol. The molecule has 2 saturated heterocycles. The molecule has 2 aliphatic heterocycles. The van der Waals surface area contributed by atoms with Gasteiger partial charge in [0.1, 0.15) is 0 Å². The lowest BCUT2D eigenvalue weighted by molar-refractivity contribution is 0.177. The lowest BCUT2D eigenvalue weighted by Gasteiger charge is -2.28. The molecule has 2 rings (SSSR count). The fourth-order valence-electron chi connectivity index (χ4n) is 4.80. The number of rotatable bonds is 15. The highest BCUT2D eigenvalue weighted by atomic mass is 32.2. The first-order chi connectivity index (χ1) is 17.1. The first kappa shape index (κ1) is 30.7. The number of hydrogen-bond donors (Lipinski definition) is 2. The smallest absolute Gasteiger partial charge is 0.317 e. The number of carbonyl (C=O) groups excluding carboxylic acids is 2. The highest BCUT2D eigenvalue weighted by Gasteiger charge is 2.35. The lowest BCUT2D eigenvalue weighted by atomic mass is 10.2. The molecule has 2 aliphatic rings. The quantitative estimate of drug-likeness (QED) is 0.301. The van der Waals surface area contributed by atoms with Crippen LogP contribution in [0, 0.1) is 0 Å². The van der Waals surface area contributed by atoms with Crippen LogP contribution in [0.5, 0.6) is 0 Å². The molecule has 0 radical (unpaired) electrons. The Morgan fingerprint density at radius 2 is 1.06 bits per heavy atom. The number of nitrogens with zero attached hydrogens (tertiary/aromatic N) is 2. The van der Waals surface area contributed by atoms with E-state index in [9.17, 15) is 26.4 Å². The number of carbonyl (C=O) groups is 2. The van der Waals surface area contributed by atoms with Gasteiger partial charge in [-0.3, -0.25) is 0 Å². The van der Waals surface area contributed by atoms with Crippen molar-refractivity contribution in [3.8, 4) is 0 Å². The summed E-state index contributed by atoms with van der Waals surface area (Å²) in [6.45, 7) is 6.31. The summed E-state index contributed by atoms with van der Waals surface area (Å²) >= 11 is 0. The van der Waals surface area contributed by atoms with Gasteiger partial charge < -0.3 is 20.4 Å². The fraction of sp³-hybridized carbons (Fsp3) is 0.917. The van der Waals surface area contributed by atoms with Crippen molar-refractivity contribution in [3.05, 3.63) is 0 Å². The van der Waals surface area contributed by atoms with Gasteiger partial charge in [-0.1, -0.05) is 39.5 Å². The normalized spacial score (nSPS) is 22.3. The molecule has 36 heavy (non-hydrogen) atoms. The Balaban J connectivity index is 1.64. The van der Waals surface area contributed by atoms with Crippen molar-refractivity contribution in [1.29, 1.82) is 0 Å². The molecule has 2 N–H and O–H groups in total. The van der Waals surface area contributed by atoms with Gasteiger partial charge in [0.2, 0.25) is 0 Å². The maximum Gasteiger partial charge on any atom is 0.317 e. The minimum Gasteiger partial charge on any atom is -0.338 e. The molecule has 0 aliphatic carbocycles. The van der Waals surface area contributed by atoms with Crippen molar-refractivity contribution in [2.75, 3.05) is 49.2 Å². The molecule has 4 amide bonds. The van der Waals surface area contributed by atoms with Crippen LogP contribution < -0.4 is 10.6 Å². The molecule has 0 saturated carbocycles. The SMILES string of the molecule is CCCCN(C(=O)NCCCCCCNC(=O)N(CCCC)[C@H]1CCS(=O)(=O)C1)[C@H]1CCS(=O)(=O)C1. The topological polar surface area (TPSA) is 133 Å². The van der Waals surface area contributed by atoms with Gasteiger partial charge in [0.05, 0.1) is 23.0 Å². The van der Waals surface area contributed by atoms with E-state index in [2.05, 4.69) is 10.6 Å². The molecule has 0 bridgehead atoms. The van der Waals surface area contributed by atoms with Crippen LogP contribution in [0.2, 0.25) is 0 Å². The molecule has 0 spiro atoms. The van der Waals surface area contributed by atoms with Gasteiger partial charge in [0, 0.05) is 38.3 Å². The molecule has 2 atom stereocenters. The zero-order chi connectivity index (χ0) is 26.6. The van der Waals surface area contributed by atoms with Crippen molar-refractivity contribution in [2.24, 2.45) is 0 Å². The van der Waals surface area contributed by atoms with E-state index in [0.29, 0.717) is 39.0 Å². The van der Waals surface area contributed by atoms with E-state index in [0.717, 1.165) is 51.4 Å². The van der Waals surface area contributed by atoms with Crippen molar-refractivity contribution < 1.29 is 26.4 Å². The Kier molecular flexibility index (Phi) is 12.8. The highest BCUT2D eigenvalue weighted by molar-refractivity contribution is 7.91. The molecular weight excluding hydrogens is 504 g/mol. The van der Waals surface area contributed by atoms with Gasteiger partial charge >= 0.3 is 12.1 Å². The number of urea groups is 2. The average molecular weight is 551 g/mol. The molecule has 210 valence electrons. The van der Waals surface area contributed by atoms with E-state index >= 15 is 0 Å². The van der Waals surface area contributed by atoms with Gasteiger partial charge in [-0.05, 0) is 38.5 Å². The molecule has 0 aromatic carbocycles. The van der Waals surface area contributed by atoms with Gasteiger partial charge in [-0.15, -0.1) is 0 Å². The zero-order valence-electron chi connectivity index (χ0n) is 22.0. The van der Waals surface area contributed by atoms with Crippen molar-refractivity contribution in [2.45, 2.75) is 90.1 Å². The van der Waals surface area contributed by atoms with E-state index in [1.54, 1.807) is 9.80 Å². The van der Waals surface area contributed by atoms with Crippen LogP contribution in [0.1, 0.15) is 78.1 Å². The summed E-state index contributed by atoms with van der Waals surface area (Å²) in [4.78, 5) is 28.7. The maximum atomic E-state index is 12.7. The molecule has 2 fully saturated rings. The van der Waals surface area contributed by atoms with Crippen molar-refractivity contribution >= 4 is 31.7 Å². The average Bonchev–Trinajstić information content (AvgIpc) is 3.36. The summed E-state index contributed by atoms with van der Waals surface area (Å²) < 4.78 is 47.3. The van der Waals surface area contributed by atoms with Crippen molar-refractivity contribution in [3.63, 3.8) is 0 Å². The van der Waals surface area contributed by atoms with E-state index in [1.807, 2.05) is 13.8 Å². The summed E-state index contributed by atoms with van der Waals surface area (Å²) in [6, 6.07) is -0.824. The number of amides is 4. The molecule has 12 heteroatoms. The van der Waals surface area contributed by atoms with Gasteiger partial charge in [-0.2, -0.15) is 0 Å². The van der Waals surface area contributed by atoms with E-state index in [4.69, 9.17) is 0 Å². The van der Waals surface area contributed by atoms with Crippen LogP contribution in [0.3, 0.4) is 0 Å². The second kappa shape index (κ2) is 15.0. The molecular formula is C24H46N4O6S2. The van der Waals surface area contributed by atoms with Crippen molar-refractivity contribution in [1.82, 2.24) is 20.4 Å². The molecule has 0 aromatic rings. The van der Waals surface area contributed by atoms with Gasteiger partial charge in [0.25, 0.3) is 0 Å². The number of unbranched alkanes of at least 4 members (excludes halogenated alkanes) is 5. The summed E-state index contributed by atoms with van der Waals surface area (Å²) in [5.74, 6) is 0.422. The molecule has 0 aromatic heterocycles. The third-order valence-corrected chi connectivity index (χ3v) is 10.5. The Labute approximate surface area is 217 Å². The number of hydrogen-bond acceptors (Lipinski definition) is 6. The summed E-state index contributed by atoms with van der Waals surface area (Å²) in [5.41, 5.74) is 0. The lowest BCUT2D eigenvalue weighted by Crippen LogP contribution is -2.47. The minimum atomic E-state index is -3.05. The Hall–Kier alpha value is -1.56. The first-order valence-electron chi connectivity index (χ1n) is 13.6. The van der Waals surface area contributed by atoms with Crippen LogP contribution in [0.25, 0.3) is 0 Å². The Bertz CT molecular complexity index is 836. The molecule has 2 heterocycles. The minimum absolute atomic E-state index is 0.0578. The highest BCUT2D eigenvalue weighted by Crippen LogP contribution is 2.20. The van der Waals surface area contributed by atoms with Crippen LogP contribution in [-0.4, -0.2) is 100.0 Å². The fourth-order valence-corrected chi connectivity index (χ4v) is 8.26. The monoisotopic (exact) mass is 550 g/mol. The van der Waals surface area contributed by atoms with E-state index < -0.39 is 19.7 Å². The van der Waals surface area contributed by atoms with Gasteiger partial charge in [0.15, 0.2) is 19.7 Å². The first-order valence-corrected chi connectivity index (χ1v) is 17.2. The van der Waals surface area contributed by atoms with Gasteiger partial charge in [-0.25, -0.2) is 26.4 Å². The van der Waals surface area contributed by atoms with Crippen LogP contribution in [0.15, 0.2) is 0 Å². The third-order valence-electron chi connectivity index (χ3n) is 6.98. The standard InChI is InChI=1S/C24H46N4O6S2/c1-3-5-15-27(21-11-17-35(31,32)19-21)23(29)25-13-9-7-8-10-14-26-24(30)28(16-6-4-2)22-12-18-36(33,34)20-22/h21-22H,3-20H2,1-2H3,(H,25,29)(H,26,30)/t21-,22-/m0/s1. The third kappa shape index (κ3) is 10.4. The maximum absolute atomic E-state index is 12.7. The Morgan fingerprint density at radius 1 is 0.667 bits per heavy atom. The Morgan fingerprint density at radius 3 is 1.36 bits per heavy atom. The largest absolute Gasteiger partial charge is 0.338 e. The molecule has 10 nitrogen and oxygen atoms in total. The number of nitrogens with one attached hydrogen (secondary N) is 2. The second-order valence-corrected chi connectivity index (χ2v) is 14.5. The van der Waals surface area contributed by atoms with E-state index in [-0.39, 0.29) is 47.2 Å². The second-order valence-electron chi connectivity index (χ2n) is 10.1. The van der Waals surface area contributed by atoms with Crippen LogP contribution in [-0.2, 0) is 19.7 Å². The summed E-state index contributed by atoms with van der Waals surface area (Å²) in [5, 5.41) is 5.89. The summed E-state index contributed by atoms with van der Waals surface area (Å²) in [6.07, 6.45) is 8.04. The van der Waals surface area contributed by atoms with E-state index in [1.165, 1.54) is 0 Å². The summed E-state index contributed by atoms with van der Waals surface area (Å²) in [7, 11) is -6.09. The number of sulfone groups is 2. The zero-order valence-corrected chi connectivity index (χ0v) is 23.7. The van der Waals surface area contributed by atoms with Crippen LogP contribution >= 0.6 is 0 Å². The molecule has 0 unspecified atom stereocenters. The van der Waals surface area contributed by atoms with Crippen LogP contribution in [0.4, 0.5) is 9.59 Å². The predicted octanol–water partition coefficient (Wildman–Crippen LogP) is 2.54.